The van der Waals surface area contributed by atoms with E-state index >= 15 is 0 Å². The highest BCUT2D eigenvalue weighted by molar-refractivity contribution is 9.10. The molecule has 18 heavy (non-hydrogen) atoms. The number of nitrogens with two attached hydrogens (primary N) is 1. The maximum Gasteiger partial charge on any atom is 0.256 e. The van der Waals surface area contributed by atoms with Gasteiger partial charge in [-0.25, -0.2) is 4.98 Å². The average Bonchev–Trinajstić information content (AvgIpc) is 2.81. The number of carbonyl (C=O) groups is 1. The Labute approximate surface area is 118 Å². The first-order valence-electron chi connectivity index (χ1n) is 5.25. The molecule has 0 atom stereocenters. The average molecular weight is 326 g/mol. The van der Waals surface area contributed by atoms with Gasteiger partial charge in [0.15, 0.2) is 0 Å². The van der Waals surface area contributed by atoms with E-state index in [0.29, 0.717) is 17.8 Å². The Hall–Kier alpha value is -1.40. The first kappa shape index (κ1) is 13.0. The predicted molar refractivity (Wildman–Crippen MR) is 76.5 cm³/mol. The van der Waals surface area contributed by atoms with Crippen LogP contribution in [-0.2, 0) is 6.54 Å². The number of thiazole rings is 1. The number of benzene rings is 1. The van der Waals surface area contributed by atoms with E-state index in [-0.39, 0.29) is 5.91 Å². The molecule has 2 rings (SSSR count). The first-order chi connectivity index (χ1) is 8.58. The maximum atomic E-state index is 12.2. The van der Waals surface area contributed by atoms with Crippen LogP contribution in [0.15, 0.2) is 33.6 Å². The number of aromatic nitrogens is 1. The summed E-state index contributed by atoms with van der Waals surface area (Å²) in [7, 11) is 1.74. The Kier molecular flexibility index (Phi) is 3.98. The number of carbonyl (C=O) groups excluding carboxylic acids is 1. The summed E-state index contributed by atoms with van der Waals surface area (Å²) in [5.74, 6) is -0.104. The maximum absolute atomic E-state index is 12.2. The zero-order valence-electron chi connectivity index (χ0n) is 9.76. The van der Waals surface area contributed by atoms with Crippen LogP contribution in [0.1, 0.15) is 16.1 Å². The number of nitrogen functional groups attached to an aromatic ring is 1. The molecule has 1 heterocycles. The third kappa shape index (κ3) is 2.88. The van der Waals surface area contributed by atoms with E-state index in [1.807, 2.05) is 5.38 Å². The highest BCUT2D eigenvalue weighted by Crippen LogP contribution is 2.20. The van der Waals surface area contributed by atoms with Gasteiger partial charge in [0.05, 0.1) is 23.3 Å². The molecule has 0 spiro atoms. The van der Waals surface area contributed by atoms with E-state index < -0.39 is 0 Å². The second-order valence-electron chi connectivity index (χ2n) is 3.87. The summed E-state index contributed by atoms with van der Waals surface area (Å²) in [5, 5.41) is 1.93. The zero-order chi connectivity index (χ0) is 13.1. The molecular formula is C12H12BrN3OS. The van der Waals surface area contributed by atoms with Crippen molar-refractivity contribution in [1.29, 1.82) is 0 Å². The van der Waals surface area contributed by atoms with Crippen molar-refractivity contribution in [3.63, 3.8) is 0 Å². The monoisotopic (exact) mass is 325 g/mol. The normalized spacial score (nSPS) is 10.3. The lowest BCUT2D eigenvalue weighted by Gasteiger charge is -2.17. The number of hydrogen-bond donors (Lipinski definition) is 1. The second kappa shape index (κ2) is 5.49. The van der Waals surface area contributed by atoms with Gasteiger partial charge in [0.2, 0.25) is 0 Å². The van der Waals surface area contributed by atoms with Crippen molar-refractivity contribution in [3.8, 4) is 0 Å². The van der Waals surface area contributed by atoms with Gasteiger partial charge in [0.1, 0.15) is 0 Å². The van der Waals surface area contributed by atoms with E-state index in [4.69, 9.17) is 5.73 Å². The molecule has 0 bridgehead atoms. The van der Waals surface area contributed by atoms with E-state index in [1.165, 1.54) is 11.3 Å². The van der Waals surface area contributed by atoms with Crippen LogP contribution in [0, 0.1) is 0 Å². The quantitative estimate of drug-likeness (QED) is 0.883. The molecule has 0 saturated heterocycles. The van der Waals surface area contributed by atoms with Crippen molar-refractivity contribution in [1.82, 2.24) is 9.88 Å². The van der Waals surface area contributed by atoms with Crippen LogP contribution in [-0.4, -0.2) is 22.8 Å². The van der Waals surface area contributed by atoms with Crippen molar-refractivity contribution in [2.45, 2.75) is 6.54 Å². The molecule has 1 aromatic carbocycles. The zero-order valence-corrected chi connectivity index (χ0v) is 12.2. The summed E-state index contributed by atoms with van der Waals surface area (Å²) in [6, 6.07) is 5.25. The van der Waals surface area contributed by atoms with Gasteiger partial charge in [-0.2, -0.15) is 0 Å². The number of amides is 1. The lowest BCUT2D eigenvalue weighted by Crippen LogP contribution is -2.27. The Morgan fingerprint density at radius 3 is 2.94 bits per heavy atom. The fourth-order valence-corrected chi connectivity index (χ4v) is 2.49. The molecule has 0 radical (unpaired) electrons. The number of anilines is 1. The molecule has 0 fully saturated rings. The van der Waals surface area contributed by atoms with E-state index in [9.17, 15) is 4.79 Å². The molecule has 0 aliphatic carbocycles. The summed E-state index contributed by atoms with van der Waals surface area (Å²) in [6.45, 7) is 0.484. The second-order valence-corrected chi connectivity index (χ2v) is 5.51. The van der Waals surface area contributed by atoms with Crippen LogP contribution in [0.3, 0.4) is 0 Å². The highest BCUT2D eigenvalue weighted by atomic mass is 79.9. The predicted octanol–water partition coefficient (Wildman–Crippen LogP) is 2.76. The topological polar surface area (TPSA) is 59.2 Å². The van der Waals surface area contributed by atoms with Gasteiger partial charge in [-0.05, 0) is 18.2 Å². The standard InChI is InChI=1S/C12H12BrN3OS/c1-16(5-9-6-18-7-15-9)12(17)10-3-2-8(13)4-11(10)14/h2-4,6-7H,5,14H2,1H3. The van der Waals surface area contributed by atoms with Crippen LogP contribution in [0.4, 0.5) is 5.69 Å². The smallest absolute Gasteiger partial charge is 0.256 e. The number of rotatable bonds is 3. The van der Waals surface area contributed by atoms with Gasteiger partial charge in [-0.15, -0.1) is 11.3 Å². The Bertz CT molecular complexity index is 556. The van der Waals surface area contributed by atoms with Crippen LogP contribution < -0.4 is 5.73 Å². The minimum absolute atomic E-state index is 0.104. The van der Waals surface area contributed by atoms with Gasteiger partial charge < -0.3 is 10.6 Å². The molecule has 0 unspecified atom stereocenters. The molecule has 4 nitrogen and oxygen atoms in total. The molecule has 0 aliphatic heterocycles. The van der Waals surface area contributed by atoms with Crippen molar-refractivity contribution >= 4 is 38.9 Å². The van der Waals surface area contributed by atoms with Gasteiger partial charge in [0.25, 0.3) is 5.91 Å². The molecule has 2 N–H and O–H groups in total. The van der Waals surface area contributed by atoms with Gasteiger partial charge >= 0.3 is 0 Å². The van der Waals surface area contributed by atoms with Crippen molar-refractivity contribution < 1.29 is 4.79 Å². The Morgan fingerprint density at radius 2 is 2.33 bits per heavy atom. The molecule has 94 valence electrons. The first-order valence-corrected chi connectivity index (χ1v) is 6.99. The fraction of sp³-hybridized carbons (Fsp3) is 0.167. The van der Waals surface area contributed by atoms with Crippen LogP contribution in [0.25, 0.3) is 0 Å². The van der Waals surface area contributed by atoms with Crippen LogP contribution in [0.5, 0.6) is 0 Å². The third-order valence-corrected chi connectivity index (χ3v) is 3.60. The highest BCUT2D eigenvalue weighted by Gasteiger charge is 2.15. The van der Waals surface area contributed by atoms with Crippen LogP contribution >= 0.6 is 27.3 Å². The molecule has 1 aromatic heterocycles. The third-order valence-electron chi connectivity index (χ3n) is 2.47. The lowest BCUT2D eigenvalue weighted by molar-refractivity contribution is 0.0784. The minimum Gasteiger partial charge on any atom is -0.398 e. The SMILES string of the molecule is CN(Cc1cscn1)C(=O)c1ccc(Br)cc1N. The summed E-state index contributed by atoms with van der Waals surface area (Å²) in [5.41, 5.74) is 9.46. The molecular weight excluding hydrogens is 314 g/mol. The van der Waals surface area contributed by atoms with Crippen molar-refractivity contribution in [2.24, 2.45) is 0 Å². The fourth-order valence-electron chi connectivity index (χ4n) is 1.56. The summed E-state index contributed by atoms with van der Waals surface area (Å²) in [4.78, 5) is 18.0. The van der Waals surface area contributed by atoms with Crippen molar-refractivity contribution in [3.05, 3.63) is 44.8 Å². The van der Waals surface area contributed by atoms with E-state index in [2.05, 4.69) is 20.9 Å². The summed E-state index contributed by atoms with van der Waals surface area (Å²) >= 11 is 4.83. The number of nitrogens with zero attached hydrogens (tertiary/aromatic N) is 2. The van der Waals surface area contributed by atoms with E-state index in [0.717, 1.165) is 10.2 Å². The molecule has 2 aromatic rings. The minimum atomic E-state index is -0.104. The largest absolute Gasteiger partial charge is 0.398 e. The summed E-state index contributed by atoms with van der Waals surface area (Å²) < 4.78 is 0.860. The van der Waals surface area contributed by atoms with Gasteiger partial charge in [0, 0.05) is 22.6 Å². The summed E-state index contributed by atoms with van der Waals surface area (Å²) in [6.07, 6.45) is 0. The van der Waals surface area contributed by atoms with Gasteiger partial charge in [-0.1, -0.05) is 15.9 Å². The molecule has 6 heteroatoms. The van der Waals surface area contributed by atoms with E-state index in [1.54, 1.807) is 35.7 Å². The lowest BCUT2D eigenvalue weighted by atomic mass is 10.1. The Balaban J connectivity index is 2.15. The number of hydrogen-bond acceptors (Lipinski definition) is 4. The molecule has 0 aliphatic rings. The molecule has 0 saturated carbocycles. The molecule has 1 amide bonds. The Morgan fingerprint density at radius 1 is 1.56 bits per heavy atom. The van der Waals surface area contributed by atoms with Gasteiger partial charge in [-0.3, -0.25) is 4.79 Å². The van der Waals surface area contributed by atoms with Crippen molar-refractivity contribution in [2.75, 3.05) is 12.8 Å². The number of halogens is 1. The van der Waals surface area contributed by atoms with Crippen LogP contribution in [0.2, 0.25) is 0 Å².